The molecule has 0 atom stereocenters. The van der Waals surface area contributed by atoms with Gasteiger partial charge in [0.1, 0.15) is 4.60 Å². The molecule has 6 nitrogen and oxygen atoms in total. The van der Waals surface area contributed by atoms with Crippen LogP contribution in [0.25, 0.3) is 0 Å². The Morgan fingerprint density at radius 1 is 1.15 bits per heavy atom. The van der Waals surface area contributed by atoms with Gasteiger partial charge in [-0.1, -0.05) is 0 Å². The number of sulfone groups is 1. The van der Waals surface area contributed by atoms with Crippen molar-refractivity contribution < 1.29 is 13.3 Å². The quantitative estimate of drug-likeness (QED) is 0.479. The summed E-state index contributed by atoms with van der Waals surface area (Å²) in [5.41, 5.74) is 0.399. The fraction of sp³-hybridized carbons (Fsp3) is 0.0833. The Balaban J connectivity index is 2.51. The van der Waals surface area contributed by atoms with Crippen molar-refractivity contribution in [1.29, 1.82) is 0 Å². The normalized spacial score (nSPS) is 11.3. The number of nitro benzene ring substituents is 1. The van der Waals surface area contributed by atoms with Gasteiger partial charge >= 0.3 is 0 Å². The maximum Gasteiger partial charge on any atom is 0.269 e. The number of nitrogens with zero attached hydrogens (tertiary/aromatic N) is 2. The van der Waals surface area contributed by atoms with Gasteiger partial charge < -0.3 is 0 Å². The lowest BCUT2D eigenvalue weighted by atomic mass is 10.3. The van der Waals surface area contributed by atoms with Crippen LogP contribution < -0.4 is 0 Å². The summed E-state index contributed by atoms with van der Waals surface area (Å²) in [6, 6.07) is 7.60. The van der Waals surface area contributed by atoms with Gasteiger partial charge in [-0.15, -0.1) is 0 Å². The Hall–Kier alpha value is -1.80. The van der Waals surface area contributed by atoms with Crippen molar-refractivity contribution in [3.8, 4) is 0 Å². The molecule has 8 heteroatoms. The van der Waals surface area contributed by atoms with Crippen molar-refractivity contribution in [2.75, 3.05) is 0 Å². The maximum atomic E-state index is 12.4. The van der Waals surface area contributed by atoms with E-state index >= 15 is 0 Å². The summed E-state index contributed by atoms with van der Waals surface area (Å²) < 4.78 is 25.2. The molecule has 0 spiro atoms. The zero-order chi connectivity index (χ0) is 14.9. The zero-order valence-corrected chi connectivity index (χ0v) is 12.7. The van der Waals surface area contributed by atoms with E-state index in [1.807, 2.05) is 0 Å². The monoisotopic (exact) mass is 356 g/mol. The highest BCUT2D eigenvalue weighted by Gasteiger charge is 2.20. The van der Waals surface area contributed by atoms with Crippen LogP contribution in [-0.4, -0.2) is 18.3 Å². The van der Waals surface area contributed by atoms with Gasteiger partial charge in [0.25, 0.3) is 5.69 Å². The Labute approximate surface area is 123 Å². The van der Waals surface area contributed by atoms with Gasteiger partial charge in [0.2, 0.25) is 9.84 Å². The molecule has 0 aliphatic rings. The van der Waals surface area contributed by atoms with Gasteiger partial charge in [-0.25, -0.2) is 13.4 Å². The topological polar surface area (TPSA) is 90.2 Å². The van der Waals surface area contributed by atoms with Crippen LogP contribution in [0.2, 0.25) is 0 Å². The molecule has 0 N–H and O–H groups in total. The average Bonchev–Trinajstić information content (AvgIpc) is 2.37. The second-order valence-corrected chi connectivity index (χ2v) is 6.78. The number of benzene rings is 1. The van der Waals surface area contributed by atoms with Crippen LogP contribution in [0, 0.1) is 17.0 Å². The van der Waals surface area contributed by atoms with Crippen LogP contribution in [0.4, 0.5) is 5.69 Å². The van der Waals surface area contributed by atoms with Crippen LogP contribution in [0.5, 0.6) is 0 Å². The molecule has 0 unspecified atom stereocenters. The summed E-state index contributed by atoms with van der Waals surface area (Å²) in [4.78, 5) is 14.1. The smallest absolute Gasteiger partial charge is 0.258 e. The third-order valence-electron chi connectivity index (χ3n) is 2.56. The Morgan fingerprint density at radius 3 is 2.25 bits per heavy atom. The first-order valence-corrected chi connectivity index (χ1v) is 7.72. The van der Waals surface area contributed by atoms with Gasteiger partial charge in [-0.2, -0.15) is 0 Å². The number of rotatable bonds is 3. The van der Waals surface area contributed by atoms with Crippen molar-refractivity contribution in [3.05, 3.63) is 56.8 Å². The SMILES string of the molecule is Cc1cc(S(=O)(=O)c2ccc([N+](=O)[O-])cc2)cc(Br)n1. The van der Waals surface area contributed by atoms with E-state index in [9.17, 15) is 18.5 Å². The first-order chi connectivity index (χ1) is 9.30. The van der Waals surface area contributed by atoms with E-state index in [4.69, 9.17) is 0 Å². The highest BCUT2D eigenvalue weighted by Crippen LogP contribution is 2.25. The van der Waals surface area contributed by atoms with E-state index in [-0.39, 0.29) is 15.5 Å². The van der Waals surface area contributed by atoms with Gasteiger partial charge in [0.05, 0.1) is 14.7 Å². The highest BCUT2D eigenvalue weighted by molar-refractivity contribution is 9.10. The standard InChI is InChI=1S/C12H9BrN2O4S/c1-8-6-11(7-12(13)14-8)20(18,19)10-4-2-9(3-5-10)15(16)17/h2-7H,1H3. The van der Waals surface area contributed by atoms with Crippen molar-refractivity contribution >= 4 is 31.5 Å². The van der Waals surface area contributed by atoms with Gasteiger partial charge in [0, 0.05) is 17.8 Å². The van der Waals surface area contributed by atoms with Crippen molar-refractivity contribution in [2.45, 2.75) is 16.7 Å². The molecule has 0 amide bonds. The number of pyridine rings is 1. The van der Waals surface area contributed by atoms with Crippen LogP contribution in [0.3, 0.4) is 0 Å². The van der Waals surface area contributed by atoms with Crippen LogP contribution in [-0.2, 0) is 9.84 Å². The molecule has 1 heterocycles. The maximum absolute atomic E-state index is 12.4. The summed E-state index contributed by atoms with van der Waals surface area (Å²) >= 11 is 3.14. The highest BCUT2D eigenvalue weighted by atomic mass is 79.9. The minimum atomic E-state index is -3.72. The lowest BCUT2D eigenvalue weighted by molar-refractivity contribution is -0.384. The molecule has 0 bridgehead atoms. The second-order valence-electron chi connectivity index (χ2n) is 4.02. The predicted molar refractivity (Wildman–Crippen MR) is 75.2 cm³/mol. The first-order valence-electron chi connectivity index (χ1n) is 5.44. The number of non-ortho nitro benzene ring substituents is 1. The molecule has 2 rings (SSSR count). The lowest BCUT2D eigenvalue weighted by Gasteiger charge is -2.06. The fourth-order valence-corrected chi connectivity index (χ4v) is 3.67. The zero-order valence-electron chi connectivity index (χ0n) is 10.3. The third kappa shape index (κ3) is 2.86. The minimum Gasteiger partial charge on any atom is -0.258 e. The number of hydrogen-bond acceptors (Lipinski definition) is 5. The van der Waals surface area contributed by atoms with E-state index in [0.717, 1.165) is 12.1 Å². The first kappa shape index (κ1) is 14.6. The van der Waals surface area contributed by atoms with E-state index in [1.54, 1.807) is 6.92 Å². The average molecular weight is 357 g/mol. The molecular weight excluding hydrogens is 348 g/mol. The van der Waals surface area contributed by atoms with Gasteiger partial charge in [0.15, 0.2) is 0 Å². The number of aryl methyl sites for hydroxylation is 1. The molecule has 2 aromatic rings. The summed E-state index contributed by atoms with van der Waals surface area (Å²) in [5.74, 6) is 0. The number of hydrogen-bond donors (Lipinski definition) is 0. The van der Waals surface area contributed by atoms with Crippen LogP contribution >= 0.6 is 15.9 Å². The molecule has 20 heavy (non-hydrogen) atoms. The lowest BCUT2D eigenvalue weighted by Crippen LogP contribution is -2.03. The summed E-state index contributed by atoms with van der Waals surface area (Å²) in [6.45, 7) is 1.68. The van der Waals surface area contributed by atoms with Crippen LogP contribution in [0.15, 0.2) is 50.8 Å². The molecule has 0 saturated carbocycles. The fourth-order valence-electron chi connectivity index (χ4n) is 1.64. The Kier molecular flexibility index (Phi) is 3.87. The number of halogens is 1. The van der Waals surface area contributed by atoms with Crippen molar-refractivity contribution in [2.24, 2.45) is 0 Å². The summed E-state index contributed by atoms with van der Waals surface area (Å²) in [7, 11) is -3.72. The van der Waals surface area contributed by atoms with Gasteiger partial charge in [-0.05, 0) is 47.1 Å². The summed E-state index contributed by atoms with van der Waals surface area (Å²) in [5, 5.41) is 10.6. The Morgan fingerprint density at radius 2 is 1.75 bits per heavy atom. The summed E-state index contributed by atoms with van der Waals surface area (Å²) in [6.07, 6.45) is 0. The third-order valence-corrected chi connectivity index (χ3v) is 4.72. The molecule has 1 aromatic heterocycles. The molecule has 0 aliphatic heterocycles. The van der Waals surface area contributed by atoms with Crippen molar-refractivity contribution in [1.82, 2.24) is 4.98 Å². The second kappa shape index (κ2) is 5.29. The largest absolute Gasteiger partial charge is 0.269 e. The van der Waals surface area contributed by atoms with E-state index < -0.39 is 14.8 Å². The minimum absolute atomic E-state index is 0.000556. The van der Waals surface area contributed by atoms with Crippen LogP contribution in [0.1, 0.15) is 5.69 Å². The van der Waals surface area contributed by atoms with Gasteiger partial charge in [-0.3, -0.25) is 10.1 Å². The molecule has 0 aliphatic carbocycles. The number of nitro groups is 1. The van der Waals surface area contributed by atoms with E-state index in [0.29, 0.717) is 10.3 Å². The van der Waals surface area contributed by atoms with E-state index in [2.05, 4.69) is 20.9 Å². The number of aromatic nitrogens is 1. The van der Waals surface area contributed by atoms with E-state index in [1.165, 1.54) is 24.3 Å². The molecule has 0 fully saturated rings. The molecule has 104 valence electrons. The Bertz CT molecular complexity index is 752. The van der Waals surface area contributed by atoms with Crippen molar-refractivity contribution in [3.63, 3.8) is 0 Å². The predicted octanol–water partition coefficient (Wildman–Crippen LogP) is 2.89. The molecule has 1 aromatic carbocycles. The molecular formula is C12H9BrN2O4S. The molecule has 0 radical (unpaired) electrons. The molecule has 0 saturated heterocycles.